The van der Waals surface area contributed by atoms with Gasteiger partial charge >= 0.3 is 0 Å². The number of benzene rings is 4. The average Bonchev–Trinajstić information content (AvgIpc) is 3.20. The number of nitrogen functional groups attached to an aromatic ring is 2. The van der Waals surface area contributed by atoms with E-state index in [1.165, 1.54) is 65.4 Å². The van der Waals surface area contributed by atoms with Crippen molar-refractivity contribution in [3.8, 4) is 44.6 Å². The second-order valence-corrected chi connectivity index (χ2v) is 18.3. The first-order chi connectivity index (χ1) is 28.2. The number of rotatable bonds is 11. The van der Waals surface area contributed by atoms with Gasteiger partial charge < -0.3 is 26.6 Å². The molecular weight excluding hydrogens is 803 g/mol. The van der Waals surface area contributed by atoms with Crippen LogP contribution in [0.3, 0.4) is 0 Å². The Balaban J connectivity index is 1.07. The van der Waals surface area contributed by atoms with Gasteiger partial charge in [-0.15, -0.1) is 0 Å². The summed E-state index contributed by atoms with van der Waals surface area (Å²) in [7, 11) is -8.61. The van der Waals surface area contributed by atoms with Gasteiger partial charge in [-0.1, -0.05) is 48.5 Å². The van der Waals surface area contributed by atoms with Crippen molar-refractivity contribution in [2.75, 3.05) is 37.6 Å². The van der Waals surface area contributed by atoms with Crippen molar-refractivity contribution in [1.29, 1.82) is 0 Å². The summed E-state index contributed by atoms with van der Waals surface area (Å²) >= 11 is 0. The Morgan fingerprint density at radius 2 is 1.47 bits per heavy atom. The normalized spacial score (nSPS) is 19.9. The number of anilines is 2. The molecule has 0 radical (unpaired) electrons. The minimum absolute atomic E-state index is 0.0166. The lowest BCUT2D eigenvalue weighted by Crippen LogP contribution is -2.72. The van der Waals surface area contributed by atoms with E-state index in [9.17, 15) is 21.9 Å². The summed E-state index contributed by atoms with van der Waals surface area (Å²) in [4.78, 5) is 11.9. The number of ether oxygens (including phenoxy) is 1. The number of hydrogen-bond donors (Lipinski definition) is 5. The molecule has 4 aromatic carbocycles. The number of nitrogens with zero attached hydrogens (tertiary/aromatic N) is 4. The number of aromatic nitrogens is 3. The summed E-state index contributed by atoms with van der Waals surface area (Å²) in [5.41, 5.74) is 12.3. The van der Waals surface area contributed by atoms with Crippen molar-refractivity contribution in [2.45, 2.75) is 33.6 Å². The maximum Gasteiger partial charge on any atom is 0.244 e. The Bertz CT molecular complexity index is 2850. The zero-order chi connectivity index (χ0) is 41.3. The summed E-state index contributed by atoms with van der Waals surface area (Å²) in [5, 5.41) is 13.6. The second kappa shape index (κ2) is 14.5. The summed E-state index contributed by atoms with van der Waals surface area (Å²) in [5.74, 6) is -0.878. The maximum absolute atomic E-state index is 16.0. The quantitative estimate of drug-likeness (QED) is 0.125. The predicted octanol–water partition coefficient (Wildman–Crippen LogP) is 4.11. The van der Waals surface area contributed by atoms with Crippen LogP contribution < -0.4 is 21.5 Å². The van der Waals surface area contributed by atoms with Crippen molar-refractivity contribution < 1.29 is 35.5 Å². The molecule has 9 rings (SSSR count). The van der Waals surface area contributed by atoms with Crippen molar-refractivity contribution in [1.82, 2.24) is 29.3 Å². The number of hydrogen-bond acceptors (Lipinski definition) is 12. The molecule has 2 aromatic heterocycles. The second-order valence-electron chi connectivity index (χ2n) is 14.7. The van der Waals surface area contributed by atoms with Gasteiger partial charge in [0.15, 0.2) is 0 Å². The van der Waals surface area contributed by atoms with Gasteiger partial charge in [-0.3, -0.25) is 4.98 Å². The molecule has 3 aliphatic heterocycles. The molecule has 7 N–H and O–H groups in total. The average molecular weight is 839 g/mol. The predicted molar refractivity (Wildman–Crippen MR) is 215 cm³/mol. The summed E-state index contributed by atoms with van der Waals surface area (Å²) in [6.45, 7) is 0.118. The Hall–Kier alpha value is -5.73. The molecule has 2 unspecified atom stereocenters. The van der Waals surface area contributed by atoms with E-state index in [0.29, 0.717) is 16.7 Å². The molecule has 302 valence electrons. The molecule has 0 amide bonds. The highest BCUT2D eigenvalue weighted by Gasteiger charge is 2.60. The van der Waals surface area contributed by atoms with Crippen molar-refractivity contribution in [2.24, 2.45) is 0 Å². The van der Waals surface area contributed by atoms with Crippen LogP contribution in [0.5, 0.6) is 0 Å². The number of aliphatic hydroxyl groups is 1. The van der Waals surface area contributed by atoms with E-state index >= 15 is 8.78 Å². The third-order valence-electron chi connectivity index (χ3n) is 10.9. The Labute approximate surface area is 338 Å². The first-order valence-electron chi connectivity index (χ1n) is 18.4. The van der Waals surface area contributed by atoms with Gasteiger partial charge in [-0.2, -0.15) is 4.31 Å². The van der Waals surface area contributed by atoms with Crippen LogP contribution in [0.15, 0.2) is 119 Å². The smallest absolute Gasteiger partial charge is 0.244 e. The molecule has 59 heavy (non-hydrogen) atoms. The third kappa shape index (κ3) is 6.91. The number of nitrogens with two attached hydrogens (primary N) is 2. The first kappa shape index (κ1) is 38.8. The van der Waals surface area contributed by atoms with Gasteiger partial charge in [0.2, 0.25) is 20.0 Å². The topological polar surface area (TPSA) is 216 Å². The summed E-state index contributed by atoms with van der Waals surface area (Å²) < 4.78 is 98.8. The standard InChI is InChI=1S/C41H36F2N8O6S2/c42-30-14-23(8-11-26(30)25-10-13-36(44)48-16-25)27-4-1-2-6-34(27)59(55,56)51-19-33-39(51)40(57-33)29-5-3-7-35(58(53,54)50-22-41(52)20-46-21-41)38(29)24-9-12-28(31(43)15-24)32-17-49-37(45)18-47-32/h1-18,33,39-40,46,50,52H,19-22H2,(H2,44,48)(H2,45,49)/t33?,39-,40?/m0/s1. The van der Waals surface area contributed by atoms with Crippen molar-refractivity contribution in [3.05, 3.63) is 127 Å². The molecule has 3 atom stereocenters. The van der Waals surface area contributed by atoms with Gasteiger partial charge in [0.25, 0.3) is 0 Å². The zero-order valence-corrected chi connectivity index (χ0v) is 32.6. The number of pyridine rings is 1. The van der Waals surface area contributed by atoms with Crippen LogP contribution in [-0.2, 0) is 24.8 Å². The number of nitrogens with one attached hydrogen (secondary N) is 2. The molecule has 3 aliphatic rings. The zero-order valence-electron chi connectivity index (χ0n) is 31.0. The third-order valence-corrected chi connectivity index (χ3v) is 14.3. The fourth-order valence-electron chi connectivity index (χ4n) is 7.68. The van der Waals surface area contributed by atoms with Crippen LogP contribution in [0.2, 0.25) is 0 Å². The maximum atomic E-state index is 16.0. The minimum Gasteiger partial charge on any atom is -0.386 e. The van der Waals surface area contributed by atoms with Crippen LogP contribution in [0.1, 0.15) is 11.7 Å². The van der Waals surface area contributed by atoms with E-state index < -0.39 is 55.5 Å². The van der Waals surface area contributed by atoms with Crippen LogP contribution in [0.25, 0.3) is 44.6 Å². The van der Waals surface area contributed by atoms with E-state index in [0.717, 1.165) is 0 Å². The minimum atomic E-state index is -4.35. The fraction of sp³-hybridized carbons (Fsp3) is 0.195. The molecule has 0 spiro atoms. The molecule has 3 fully saturated rings. The molecule has 0 bridgehead atoms. The highest BCUT2D eigenvalue weighted by Crippen LogP contribution is 2.52. The van der Waals surface area contributed by atoms with E-state index in [4.69, 9.17) is 16.2 Å². The van der Waals surface area contributed by atoms with Gasteiger partial charge in [0.1, 0.15) is 35.0 Å². The van der Waals surface area contributed by atoms with Crippen molar-refractivity contribution in [3.63, 3.8) is 0 Å². The summed E-state index contributed by atoms with van der Waals surface area (Å²) in [6.07, 6.45) is 2.59. The molecular formula is C41H36F2N8O6S2. The number of sulfonamides is 2. The van der Waals surface area contributed by atoms with E-state index in [1.807, 2.05) is 0 Å². The highest BCUT2D eigenvalue weighted by molar-refractivity contribution is 7.89. The number of fused-ring (bicyclic) bond motifs is 1. The van der Waals surface area contributed by atoms with E-state index in [-0.39, 0.29) is 81.1 Å². The number of β-amino-alcohol motifs (C(OH)–C–C–N with tert-alkyl or cyclic N) is 1. The van der Waals surface area contributed by atoms with Gasteiger partial charge in [-0.05, 0) is 59.2 Å². The lowest BCUT2D eigenvalue weighted by molar-refractivity contribution is -0.242. The lowest BCUT2D eigenvalue weighted by Gasteiger charge is -2.58. The Morgan fingerprint density at radius 1 is 0.780 bits per heavy atom. The molecule has 0 saturated carbocycles. The van der Waals surface area contributed by atoms with Gasteiger partial charge in [-0.25, -0.2) is 40.3 Å². The van der Waals surface area contributed by atoms with Gasteiger partial charge in [0.05, 0.1) is 40.0 Å². The molecule has 5 heterocycles. The molecule has 14 nitrogen and oxygen atoms in total. The van der Waals surface area contributed by atoms with E-state index in [1.54, 1.807) is 48.5 Å². The monoisotopic (exact) mass is 838 g/mol. The molecule has 0 aliphatic carbocycles. The number of halogens is 2. The van der Waals surface area contributed by atoms with Crippen LogP contribution >= 0.6 is 0 Å². The Morgan fingerprint density at radius 3 is 2.15 bits per heavy atom. The summed E-state index contributed by atoms with van der Waals surface area (Å²) in [6, 6.07) is 21.8. The Kier molecular flexibility index (Phi) is 9.54. The van der Waals surface area contributed by atoms with E-state index in [2.05, 4.69) is 25.0 Å². The van der Waals surface area contributed by atoms with Crippen molar-refractivity contribution >= 4 is 31.7 Å². The molecule has 6 aromatic rings. The first-order valence-corrected chi connectivity index (χ1v) is 21.4. The highest BCUT2D eigenvalue weighted by atomic mass is 32.2. The lowest BCUT2D eigenvalue weighted by atomic mass is 9.82. The molecule has 3 saturated heterocycles. The number of morpholine rings is 1. The van der Waals surface area contributed by atoms with Gasteiger partial charge in [0, 0.05) is 60.2 Å². The largest absolute Gasteiger partial charge is 0.386 e. The van der Waals surface area contributed by atoms with Crippen LogP contribution in [0, 0.1) is 11.6 Å². The SMILES string of the molecule is Nc1ccc(-c2ccc(-c3ccccc3S(=O)(=O)N3CC4OC(c5cccc(S(=O)(=O)NCC6(O)CNC6)c5-c5ccc(-c6cnc(N)cn6)c(F)c5)[C@H]43)cc2F)cn1. The fourth-order valence-corrected chi connectivity index (χ4v) is 10.9. The van der Waals surface area contributed by atoms with Crippen LogP contribution in [0.4, 0.5) is 20.4 Å². The van der Waals surface area contributed by atoms with Crippen LogP contribution in [-0.4, -0.2) is 85.1 Å². The molecule has 18 heteroatoms.